The highest BCUT2D eigenvalue weighted by atomic mass is 19.1. The number of piperidine rings is 1. The zero-order valence-electron chi connectivity index (χ0n) is 18.0. The van der Waals surface area contributed by atoms with Crippen LogP contribution in [0.25, 0.3) is 0 Å². The monoisotopic (exact) mass is 422 g/mol. The Morgan fingerprint density at radius 3 is 2.87 bits per heavy atom. The molecule has 4 rings (SSSR count). The number of pyridine rings is 1. The number of likely N-dealkylation sites (tertiary alicyclic amines) is 1. The van der Waals surface area contributed by atoms with Crippen LogP contribution in [0.3, 0.4) is 0 Å². The number of fused-ring (bicyclic) bond motifs is 1. The number of nitrogens with zero attached hydrogens (tertiary/aromatic N) is 3. The second-order valence-corrected chi connectivity index (χ2v) is 8.56. The molecule has 2 aliphatic rings. The molecule has 1 amide bonds. The van der Waals surface area contributed by atoms with E-state index < -0.39 is 5.54 Å². The lowest BCUT2D eigenvalue weighted by Crippen LogP contribution is -2.57. The summed E-state index contributed by atoms with van der Waals surface area (Å²) in [5.74, 6) is -0.158. The summed E-state index contributed by atoms with van der Waals surface area (Å²) in [6.07, 6.45) is 2.59. The summed E-state index contributed by atoms with van der Waals surface area (Å²) in [4.78, 5) is 19.5. The van der Waals surface area contributed by atoms with Gasteiger partial charge in [-0.3, -0.25) is 9.69 Å². The van der Waals surface area contributed by atoms with Gasteiger partial charge in [-0.15, -0.1) is 0 Å². The number of aromatic nitrogens is 1. The minimum absolute atomic E-state index is 0.0916. The van der Waals surface area contributed by atoms with Crippen molar-refractivity contribution >= 4 is 23.0 Å². The normalized spacial score (nSPS) is 25.5. The molecule has 0 bridgehead atoms. The van der Waals surface area contributed by atoms with Crippen molar-refractivity contribution < 1.29 is 9.18 Å². The van der Waals surface area contributed by atoms with Crippen LogP contribution >= 0.6 is 0 Å². The van der Waals surface area contributed by atoms with E-state index in [-0.39, 0.29) is 17.8 Å². The highest BCUT2D eigenvalue weighted by molar-refractivity contribution is 6.08. The molecule has 3 N–H and O–H groups in total. The third-order valence-electron chi connectivity index (χ3n) is 6.22. The van der Waals surface area contributed by atoms with Crippen LogP contribution in [0.4, 0.5) is 21.5 Å². The summed E-state index contributed by atoms with van der Waals surface area (Å²) in [6.45, 7) is 7.97. The van der Waals surface area contributed by atoms with E-state index in [1.165, 1.54) is 12.1 Å². The molecule has 1 fully saturated rings. The molecule has 1 aromatic carbocycles. The van der Waals surface area contributed by atoms with Gasteiger partial charge in [-0.05, 0) is 50.5 Å². The van der Waals surface area contributed by atoms with Crippen LogP contribution in [-0.2, 0) is 10.3 Å². The van der Waals surface area contributed by atoms with Crippen LogP contribution in [-0.4, -0.2) is 41.5 Å². The molecule has 2 aliphatic heterocycles. The number of hydrogen-bond acceptors (Lipinski definition) is 6. The third-order valence-corrected chi connectivity index (χ3v) is 6.22. The Morgan fingerprint density at radius 1 is 1.39 bits per heavy atom. The molecule has 1 unspecified atom stereocenters. The molecule has 0 radical (unpaired) electrons. The highest BCUT2D eigenvalue weighted by Crippen LogP contribution is 2.45. The predicted octanol–water partition coefficient (Wildman–Crippen LogP) is 3.51. The molecule has 162 valence electrons. The van der Waals surface area contributed by atoms with Gasteiger partial charge in [0.25, 0.3) is 0 Å². The molecule has 3 atom stereocenters. The van der Waals surface area contributed by atoms with Crippen molar-refractivity contribution in [2.75, 3.05) is 35.6 Å². The third kappa shape index (κ3) is 3.81. The van der Waals surface area contributed by atoms with Crippen molar-refractivity contribution in [1.29, 1.82) is 5.26 Å². The van der Waals surface area contributed by atoms with Gasteiger partial charge in [-0.25, -0.2) is 9.37 Å². The number of anilines is 3. The molecule has 7 nitrogen and oxygen atoms in total. The lowest BCUT2D eigenvalue weighted by atomic mass is 9.85. The SMILES string of the molecule is CCNc1cc(F)cc2c1NC(=O)C2(C)N1C[C@@H](C)C[C@H](Nc2ccc(C#N)nc2)C1. The van der Waals surface area contributed by atoms with Gasteiger partial charge >= 0.3 is 0 Å². The molecule has 0 aliphatic carbocycles. The summed E-state index contributed by atoms with van der Waals surface area (Å²) in [7, 11) is 0. The van der Waals surface area contributed by atoms with E-state index in [1.807, 2.05) is 26.0 Å². The fourth-order valence-corrected chi connectivity index (χ4v) is 4.73. The van der Waals surface area contributed by atoms with E-state index in [9.17, 15) is 9.18 Å². The topological polar surface area (TPSA) is 93.1 Å². The molecular formula is C23H27FN6O. The second kappa shape index (κ2) is 8.16. The molecule has 1 aromatic heterocycles. The van der Waals surface area contributed by atoms with E-state index in [1.54, 1.807) is 12.3 Å². The maximum Gasteiger partial charge on any atom is 0.249 e. The molecule has 0 saturated carbocycles. The van der Waals surface area contributed by atoms with Crippen molar-refractivity contribution in [3.63, 3.8) is 0 Å². The molecule has 0 spiro atoms. The quantitative estimate of drug-likeness (QED) is 0.683. The molecule has 31 heavy (non-hydrogen) atoms. The van der Waals surface area contributed by atoms with Gasteiger partial charge in [0.1, 0.15) is 23.1 Å². The number of nitrogens with one attached hydrogen (secondary N) is 3. The molecule has 3 heterocycles. The number of carbonyl (C=O) groups excluding carboxylic acids is 1. The minimum Gasteiger partial charge on any atom is -0.384 e. The van der Waals surface area contributed by atoms with Crippen molar-refractivity contribution in [2.24, 2.45) is 5.92 Å². The fraction of sp³-hybridized carbons (Fsp3) is 0.435. The zero-order valence-corrected chi connectivity index (χ0v) is 18.0. The number of carbonyl (C=O) groups is 1. The Labute approximate surface area is 181 Å². The fourth-order valence-electron chi connectivity index (χ4n) is 4.73. The second-order valence-electron chi connectivity index (χ2n) is 8.56. The van der Waals surface area contributed by atoms with E-state index in [0.29, 0.717) is 41.6 Å². The average molecular weight is 423 g/mol. The molecule has 1 saturated heterocycles. The highest BCUT2D eigenvalue weighted by Gasteiger charge is 2.50. The number of nitriles is 1. The van der Waals surface area contributed by atoms with Gasteiger partial charge in [0, 0.05) is 31.2 Å². The standard InChI is InChI=1S/C23H27FN6O/c1-4-26-20-9-15(24)8-19-21(20)29-22(31)23(19,3)30-12-14(2)7-18(13-30)28-17-6-5-16(10-25)27-11-17/h5-6,8-9,11,14,18,26,28H,4,7,12-13H2,1-3H3,(H,29,31)/t14-,18-,23?/m0/s1. The van der Waals surface area contributed by atoms with Gasteiger partial charge < -0.3 is 16.0 Å². The summed E-state index contributed by atoms with van der Waals surface area (Å²) in [5.41, 5.74) is 2.18. The predicted molar refractivity (Wildman–Crippen MR) is 118 cm³/mol. The van der Waals surface area contributed by atoms with Gasteiger partial charge in [0.05, 0.1) is 23.3 Å². The van der Waals surface area contributed by atoms with Gasteiger partial charge in [0.2, 0.25) is 5.91 Å². The van der Waals surface area contributed by atoms with Gasteiger partial charge in [0.15, 0.2) is 0 Å². The Kier molecular flexibility index (Phi) is 5.54. The van der Waals surface area contributed by atoms with Crippen LogP contribution in [0, 0.1) is 23.1 Å². The number of benzene rings is 1. The van der Waals surface area contributed by atoms with Crippen LogP contribution in [0.2, 0.25) is 0 Å². The Bertz CT molecular complexity index is 1030. The lowest BCUT2D eigenvalue weighted by molar-refractivity contribution is -0.128. The minimum atomic E-state index is -0.959. The molecule has 8 heteroatoms. The molecule has 2 aromatic rings. The average Bonchev–Trinajstić information content (AvgIpc) is 3.00. The van der Waals surface area contributed by atoms with E-state index in [0.717, 1.165) is 18.7 Å². The smallest absolute Gasteiger partial charge is 0.249 e. The van der Waals surface area contributed by atoms with Crippen molar-refractivity contribution in [2.45, 2.75) is 38.8 Å². The van der Waals surface area contributed by atoms with Crippen molar-refractivity contribution in [3.05, 3.63) is 47.5 Å². The number of hydrogen-bond donors (Lipinski definition) is 3. The lowest BCUT2D eigenvalue weighted by Gasteiger charge is -2.44. The molecular weight excluding hydrogens is 395 g/mol. The first-order chi connectivity index (χ1) is 14.8. The number of halogens is 1. The number of rotatable bonds is 5. The van der Waals surface area contributed by atoms with Gasteiger partial charge in [-0.2, -0.15) is 5.26 Å². The summed E-state index contributed by atoms with van der Waals surface area (Å²) in [6, 6.07) is 8.53. The van der Waals surface area contributed by atoms with E-state index in [2.05, 4.69) is 32.8 Å². The van der Waals surface area contributed by atoms with Gasteiger partial charge in [-0.1, -0.05) is 6.92 Å². The van der Waals surface area contributed by atoms with Crippen LogP contribution in [0.5, 0.6) is 0 Å². The van der Waals surface area contributed by atoms with E-state index in [4.69, 9.17) is 5.26 Å². The first-order valence-corrected chi connectivity index (χ1v) is 10.6. The Balaban J connectivity index is 1.62. The van der Waals surface area contributed by atoms with Crippen LogP contribution < -0.4 is 16.0 Å². The maximum absolute atomic E-state index is 14.4. The first kappa shape index (κ1) is 21.1. The summed E-state index contributed by atoms with van der Waals surface area (Å²) >= 11 is 0. The van der Waals surface area contributed by atoms with Crippen LogP contribution in [0.1, 0.15) is 38.4 Å². The Morgan fingerprint density at radius 2 is 2.19 bits per heavy atom. The van der Waals surface area contributed by atoms with Crippen LogP contribution in [0.15, 0.2) is 30.5 Å². The Hall–Kier alpha value is -3.18. The summed E-state index contributed by atoms with van der Waals surface area (Å²) < 4.78 is 14.4. The van der Waals surface area contributed by atoms with E-state index >= 15 is 0 Å². The maximum atomic E-state index is 14.4. The van der Waals surface area contributed by atoms with Crippen molar-refractivity contribution in [3.8, 4) is 6.07 Å². The zero-order chi connectivity index (χ0) is 22.2. The summed E-state index contributed by atoms with van der Waals surface area (Å²) in [5, 5.41) is 18.6. The number of amides is 1. The first-order valence-electron chi connectivity index (χ1n) is 10.6. The van der Waals surface area contributed by atoms with Crippen molar-refractivity contribution in [1.82, 2.24) is 9.88 Å². The largest absolute Gasteiger partial charge is 0.384 e.